The van der Waals surface area contributed by atoms with Gasteiger partial charge in [0.05, 0.1) is 0 Å². The van der Waals surface area contributed by atoms with E-state index in [1.165, 1.54) is 17.0 Å². The number of aromatic nitrogens is 2. The van der Waals surface area contributed by atoms with Crippen molar-refractivity contribution >= 4 is 5.95 Å². The maximum atomic E-state index is 12.8. The molecule has 0 spiro atoms. The Morgan fingerprint density at radius 2 is 1.75 bits per heavy atom. The summed E-state index contributed by atoms with van der Waals surface area (Å²) in [5.41, 5.74) is -0.247. The van der Waals surface area contributed by atoms with E-state index < -0.39 is 11.9 Å². The minimum atomic E-state index is -4.51. The molecule has 20 heavy (non-hydrogen) atoms. The Morgan fingerprint density at radius 3 is 2.35 bits per heavy atom. The molecule has 2 aromatic rings. The molecular formula is C13H11F4N3. The Bertz CT molecular complexity index is 581. The first-order valence-corrected chi connectivity index (χ1v) is 5.72. The number of nitrogens with zero attached hydrogens (tertiary/aromatic N) is 3. The van der Waals surface area contributed by atoms with Crippen LogP contribution in [0.5, 0.6) is 0 Å². The van der Waals surface area contributed by atoms with Gasteiger partial charge in [0.15, 0.2) is 0 Å². The number of halogens is 4. The van der Waals surface area contributed by atoms with Gasteiger partial charge in [-0.05, 0) is 23.8 Å². The number of rotatable bonds is 3. The maximum Gasteiger partial charge on any atom is 0.433 e. The van der Waals surface area contributed by atoms with Crippen LogP contribution in [-0.4, -0.2) is 17.0 Å². The van der Waals surface area contributed by atoms with E-state index in [1.54, 1.807) is 19.2 Å². The summed E-state index contributed by atoms with van der Waals surface area (Å²) in [6.45, 7) is 0.279. The summed E-state index contributed by atoms with van der Waals surface area (Å²) in [6, 6.07) is 6.50. The van der Waals surface area contributed by atoms with E-state index in [0.717, 1.165) is 17.8 Å². The number of anilines is 1. The maximum absolute atomic E-state index is 12.8. The second-order valence-electron chi connectivity index (χ2n) is 4.22. The quantitative estimate of drug-likeness (QED) is 0.810. The molecule has 0 aliphatic heterocycles. The molecule has 0 bridgehead atoms. The molecule has 7 heteroatoms. The highest BCUT2D eigenvalue weighted by atomic mass is 19.4. The van der Waals surface area contributed by atoms with Gasteiger partial charge in [-0.2, -0.15) is 13.2 Å². The number of hydrogen-bond donors (Lipinski definition) is 0. The van der Waals surface area contributed by atoms with Crippen molar-refractivity contribution in [1.82, 2.24) is 9.97 Å². The summed E-state index contributed by atoms with van der Waals surface area (Å²) in [7, 11) is 1.57. The summed E-state index contributed by atoms with van der Waals surface area (Å²) >= 11 is 0. The fraction of sp³-hybridized carbons (Fsp3) is 0.231. The predicted molar refractivity (Wildman–Crippen MR) is 65.5 cm³/mol. The first-order chi connectivity index (χ1) is 9.36. The lowest BCUT2D eigenvalue weighted by Crippen LogP contribution is -2.21. The molecule has 0 amide bonds. The minimum Gasteiger partial charge on any atom is -0.340 e. The van der Waals surface area contributed by atoms with Gasteiger partial charge >= 0.3 is 6.18 Å². The average molecular weight is 285 g/mol. The molecule has 0 unspecified atom stereocenters. The zero-order chi connectivity index (χ0) is 14.8. The van der Waals surface area contributed by atoms with Crippen LogP contribution in [0.2, 0.25) is 0 Å². The van der Waals surface area contributed by atoms with Crippen molar-refractivity contribution in [3.63, 3.8) is 0 Å². The van der Waals surface area contributed by atoms with Crippen molar-refractivity contribution in [3.8, 4) is 0 Å². The summed E-state index contributed by atoms with van der Waals surface area (Å²) in [6.07, 6.45) is -3.44. The van der Waals surface area contributed by atoms with Crippen molar-refractivity contribution in [2.24, 2.45) is 0 Å². The van der Waals surface area contributed by atoms with Crippen LogP contribution in [-0.2, 0) is 12.7 Å². The highest BCUT2D eigenvalue weighted by Crippen LogP contribution is 2.28. The van der Waals surface area contributed by atoms with Gasteiger partial charge in [0, 0.05) is 19.8 Å². The molecule has 1 heterocycles. The Kier molecular flexibility index (Phi) is 3.87. The van der Waals surface area contributed by atoms with Crippen LogP contribution >= 0.6 is 0 Å². The molecule has 1 aromatic carbocycles. The van der Waals surface area contributed by atoms with E-state index in [4.69, 9.17) is 0 Å². The van der Waals surface area contributed by atoms with Crippen LogP contribution < -0.4 is 4.90 Å². The van der Waals surface area contributed by atoms with Crippen molar-refractivity contribution in [2.45, 2.75) is 12.7 Å². The van der Waals surface area contributed by atoms with Gasteiger partial charge in [-0.15, -0.1) is 0 Å². The SMILES string of the molecule is CN(Cc1ccc(F)cc1)c1nccc(C(F)(F)F)n1. The van der Waals surface area contributed by atoms with E-state index in [1.807, 2.05) is 0 Å². The highest BCUT2D eigenvalue weighted by molar-refractivity contribution is 5.32. The molecule has 1 aromatic heterocycles. The second kappa shape index (κ2) is 5.44. The summed E-state index contributed by atoms with van der Waals surface area (Å²) < 4.78 is 50.4. The van der Waals surface area contributed by atoms with E-state index in [9.17, 15) is 17.6 Å². The molecule has 106 valence electrons. The minimum absolute atomic E-state index is 0.0378. The smallest absolute Gasteiger partial charge is 0.340 e. The Morgan fingerprint density at radius 1 is 1.10 bits per heavy atom. The van der Waals surface area contributed by atoms with Crippen LogP contribution in [0.1, 0.15) is 11.3 Å². The van der Waals surface area contributed by atoms with E-state index in [-0.39, 0.29) is 18.3 Å². The average Bonchev–Trinajstić information content (AvgIpc) is 2.40. The third kappa shape index (κ3) is 3.43. The van der Waals surface area contributed by atoms with Gasteiger partial charge in [-0.3, -0.25) is 0 Å². The first kappa shape index (κ1) is 14.2. The molecule has 0 aliphatic rings. The van der Waals surface area contributed by atoms with E-state index >= 15 is 0 Å². The fourth-order valence-corrected chi connectivity index (χ4v) is 1.62. The van der Waals surface area contributed by atoms with Crippen LogP contribution in [0.15, 0.2) is 36.5 Å². The van der Waals surface area contributed by atoms with Crippen LogP contribution in [0, 0.1) is 5.82 Å². The second-order valence-corrected chi connectivity index (χ2v) is 4.22. The molecule has 0 radical (unpaired) electrons. The third-order valence-electron chi connectivity index (χ3n) is 2.61. The zero-order valence-corrected chi connectivity index (χ0v) is 10.5. The van der Waals surface area contributed by atoms with E-state index in [0.29, 0.717) is 0 Å². The van der Waals surface area contributed by atoms with Gasteiger partial charge in [-0.1, -0.05) is 12.1 Å². The predicted octanol–water partition coefficient (Wildman–Crippen LogP) is 3.27. The first-order valence-electron chi connectivity index (χ1n) is 5.72. The Hall–Kier alpha value is -2.18. The standard InChI is InChI=1S/C13H11F4N3/c1-20(8-9-2-4-10(14)5-3-9)12-18-7-6-11(19-12)13(15,16)17/h2-7H,8H2,1H3. The number of hydrogen-bond acceptors (Lipinski definition) is 3. The number of benzene rings is 1. The lowest BCUT2D eigenvalue weighted by atomic mass is 10.2. The third-order valence-corrected chi connectivity index (χ3v) is 2.61. The lowest BCUT2D eigenvalue weighted by molar-refractivity contribution is -0.141. The highest BCUT2D eigenvalue weighted by Gasteiger charge is 2.33. The molecule has 3 nitrogen and oxygen atoms in total. The largest absolute Gasteiger partial charge is 0.433 e. The lowest BCUT2D eigenvalue weighted by Gasteiger charge is -2.18. The van der Waals surface area contributed by atoms with Gasteiger partial charge in [-0.25, -0.2) is 14.4 Å². The van der Waals surface area contributed by atoms with Crippen LogP contribution in [0.25, 0.3) is 0 Å². The molecular weight excluding hydrogens is 274 g/mol. The number of alkyl halides is 3. The summed E-state index contributed by atoms with van der Waals surface area (Å²) in [4.78, 5) is 8.74. The van der Waals surface area contributed by atoms with Crippen molar-refractivity contribution in [1.29, 1.82) is 0 Å². The van der Waals surface area contributed by atoms with Gasteiger partial charge in [0.1, 0.15) is 11.5 Å². The van der Waals surface area contributed by atoms with Crippen LogP contribution in [0.4, 0.5) is 23.5 Å². The van der Waals surface area contributed by atoms with Gasteiger partial charge in [0.25, 0.3) is 0 Å². The van der Waals surface area contributed by atoms with Crippen LogP contribution in [0.3, 0.4) is 0 Å². The molecule has 0 atom stereocenters. The zero-order valence-electron chi connectivity index (χ0n) is 10.5. The summed E-state index contributed by atoms with van der Waals surface area (Å²) in [5.74, 6) is -0.407. The molecule has 0 N–H and O–H groups in total. The molecule has 0 fully saturated rings. The molecule has 0 saturated carbocycles. The molecule has 0 saturated heterocycles. The molecule has 0 aliphatic carbocycles. The monoisotopic (exact) mass is 285 g/mol. The van der Waals surface area contributed by atoms with Crippen molar-refractivity contribution in [3.05, 3.63) is 53.6 Å². The Labute approximate surface area is 112 Å². The van der Waals surface area contributed by atoms with Crippen molar-refractivity contribution in [2.75, 3.05) is 11.9 Å². The Balaban J connectivity index is 2.17. The van der Waals surface area contributed by atoms with Gasteiger partial charge in [0.2, 0.25) is 5.95 Å². The normalized spacial score (nSPS) is 11.4. The topological polar surface area (TPSA) is 29.0 Å². The van der Waals surface area contributed by atoms with Gasteiger partial charge < -0.3 is 4.90 Å². The molecule has 2 rings (SSSR count). The van der Waals surface area contributed by atoms with E-state index in [2.05, 4.69) is 9.97 Å². The summed E-state index contributed by atoms with van der Waals surface area (Å²) in [5, 5.41) is 0. The fourth-order valence-electron chi connectivity index (χ4n) is 1.62. The van der Waals surface area contributed by atoms with Crippen molar-refractivity contribution < 1.29 is 17.6 Å².